The van der Waals surface area contributed by atoms with Gasteiger partial charge < -0.3 is 10.6 Å². The van der Waals surface area contributed by atoms with Crippen LogP contribution in [0.1, 0.15) is 12.8 Å². The number of benzene rings is 1. The molecule has 0 aliphatic heterocycles. The van der Waals surface area contributed by atoms with Gasteiger partial charge in [0, 0.05) is 29.5 Å². The van der Waals surface area contributed by atoms with E-state index in [1.54, 1.807) is 24.5 Å². The molecule has 0 atom stereocenters. The molecule has 0 aliphatic carbocycles. The van der Waals surface area contributed by atoms with Crippen molar-refractivity contribution in [2.45, 2.75) is 17.7 Å². The van der Waals surface area contributed by atoms with Crippen molar-refractivity contribution in [2.75, 3.05) is 17.7 Å². The van der Waals surface area contributed by atoms with Crippen LogP contribution in [0.25, 0.3) is 0 Å². The van der Waals surface area contributed by atoms with E-state index in [1.165, 1.54) is 24.3 Å². The Hall–Kier alpha value is -1.96. The molecule has 0 saturated heterocycles. The van der Waals surface area contributed by atoms with Gasteiger partial charge in [0.25, 0.3) is 0 Å². The smallest absolute Gasteiger partial charge is 0.224 e. The van der Waals surface area contributed by atoms with E-state index in [0.717, 1.165) is 0 Å². The Bertz CT molecular complexity index is 765. The molecule has 0 bridgehead atoms. The van der Waals surface area contributed by atoms with Gasteiger partial charge in [0.05, 0.1) is 4.90 Å². The van der Waals surface area contributed by atoms with Crippen molar-refractivity contribution in [2.24, 2.45) is 0 Å². The number of amides is 1. The highest BCUT2D eigenvalue weighted by Gasteiger charge is 2.13. The third-order valence-electron chi connectivity index (χ3n) is 3.19. The summed E-state index contributed by atoms with van der Waals surface area (Å²) in [6.45, 7) is 0.427. The summed E-state index contributed by atoms with van der Waals surface area (Å²) in [5.41, 5.74) is 0.688. The second-order valence-corrected chi connectivity index (χ2v) is 7.53. The highest BCUT2D eigenvalue weighted by molar-refractivity contribution is 7.91. The first-order valence-electron chi connectivity index (χ1n) is 7.36. The van der Waals surface area contributed by atoms with Crippen molar-refractivity contribution in [3.8, 4) is 0 Å². The van der Waals surface area contributed by atoms with Crippen LogP contribution >= 0.6 is 11.6 Å². The van der Waals surface area contributed by atoms with Gasteiger partial charge in [0.1, 0.15) is 5.88 Å². The highest BCUT2D eigenvalue weighted by Crippen LogP contribution is 2.14. The van der Waals surface area contributed by atoms with Crippen LogP contribution in [-0.2, 0) is 14.6 Å². The van der Waals surface area contributed by atoms with Gasteiger partial charge in [-0.1, -0.05) is 11.6 Å². The van der Waals surface area contributed by atoms with Gasteiger partial charge >= 0.3 is 0 Å². The van der Waals surface area contributed by atoms with E-state index >= 15 is 0 Å². The van der Waals surface area contributed by atoms with Crippen LogP contribution in [0.4, 0.5) is 5.69 Å². The largest absolute Gasteiger partial charge is 0.326 e. The lowest BCUT2D eigenvalue weighted by Crippen LogP contribution is -2.25. The summed E-state index contributed by atoms with van der Waals surface area (Å²) in [5, 5.41) is 6.08. The zero-order valence-electron chi connectivity index (χ0n) is 12.9. The number of anilines is 1. The van der Waals surface area contributed by atoms with Gasteiger partial charge in [0.15, 0.2) is 9.84 Å². The molecular formula is C16H18ClN3O3S. The molecule has 8 heteroatoms. The van der Waals surface area contributed by atoms with Gasteiger partial charge in [-0.15, -0.1) is 0 Å². The molecule has 0 spiro atoms. The number of carbonyl (C=O) groups is 1. The number of sulfone groups is 1. The highest BCUT2D eigenvalue weighted by atomic mass is 35.5. The minimum atomic E-state index is -3.40. The third-order valence-corrected chi connectivity index (χ3v) is 5.01. The number of nitrogens with one attached hydrogen (secondary N) is 2. The van der Waals surface area contributed by atoms with Crippen molar-refractivity contribution in [1.29, 1.82) is 0 Å². The Morgan fingerprint density at radius 2 is 1.75 bits per heavy atom. The maximum atomic E-state index is 12.1. The van der Waals surface area contributed by atoms with Crippen LogP contribution in [0.5, 0.6) is 0 Å². The second-order valence-electron chi connectivity index (χ2n) is 5.10. The van der Waals surface area contributed by atoms with E-state index in [0.29, 0.717) is 30.1 Å². The summed E-state index contributed by atoms with van der Waals surface area (Å²) in [4.78, 5) is 15.8. The lowest BCUT2D eigenvalue weighted by molar-refractivity contribution is -0.116. The van der Waals surface area contributed by atoms with Crippen molar-refractivity contribution < 1.29 is 13.2 Å². The fraction of sp³-hybridized carbons (Fsp3) is 0.250. The first-order chi connectivity index (χ1) is 11.5. The van der Waals surface area contributed by atoms with Crippen LogP contribution in [0.3, 0.4) is 0 Å². The van der Waals surface area contributed by atoms with E-state index in [2.05, 4.69) is 15.6 Å². The molecule has 0 saturated carbocycles. The molecule has 2 N–H and O–H groups in total. The summed E-state index contributed by atoms with van der Waals surface area (Å²) >= 11 is 5.74. The molecule has 1 heterocycles. The van der Waals surface area contributed by atoms with Gasteiger partial charge in [0.2, 0.25) is 5.91 Å². The van der Waals surface area contributed by atoms with Crippen molar-refractivity contribution in [1.82, 2.24) is 10.3 Å². The zero-order chi connectivity index (χ0) is 17.4. The number of halogens is 1. The normalized spacial score (nSPS) is 11.2. The van der Waals surface area contributed by atoms with Crippen molar-refractivity contribution >= 4 is 33.0 Å². The summed E-state index contributed by atoms with van der Waals surface area (Å²) in [6, 6.07) is 9.43. The lowest BCUT2D eigenvalue weighted by atomic mass is 10.3. The van der Waals surface area contributed by atoms with Crippen LogP contribution in [0.2, 0.25) is 5.02 Å². The topological polar surface area (TPSA) is 88.2 Å². The van der Waals surface area contributed by atoms with E-state index < -0.39 is 9.84 Å². The molecule has 24 heavy (non-hydrogen) atoms. The molecule has 0 fully saturated rings. The first kappa shape index (κ1) is 18.4. The lowest BCUT2D eigenvalue weighted by Gasteiger charge is -2.07. The van der Waals surface area contributed by atoms with E-state index in [1.807, 2.05) is 0 Å². The Balaban J connectivity index is 1.69. The second kappa shape index (κ2) is 8.77. The molecule has 6 nitrogen and oxygen atoms in total. The SMILES string of the molecule is O=C(CCCNCS(=O)(=O)c1ccc(Cl)cc1)Nc1ccncc1. The van der Waals surface area contributed by atoms with E-state index in [-0.39, 0.29) is 16.7 Å². The Kier molecular flexibility index (Phi) is 6.72. The Morgan fingerprint density at radius 3 is 2.42 bits per heavy atom. The average molecular weight is 368 g/mol. The maximum absolute atomic E-state index is 12.1. The Labute approximate surface area is 146 Å². The Morgan fingerprint density at radius 1 is 1.08 bits per heavy atom. The molecule has 0 aliphatic rings. The number of carbonyl (C=O) groups excluding carboxylic acids is 1. The minimum Gasteiger partial charge on any atom is -0.326 e. The van der Waals surface area contributed by atoms with Gasteiger partial charge in [-0.3, -0.25) is 9.78 Å². The quantitative estimate of drug-likeness (QED) is 0.700. The monoisotopic (exact) mass is 367 g/mol. The number of nitrogens with zero attached hydrogens (tertiary/aromatic N) is 1. The van der Waals surface area contributed by atoms with Gasteiger partial charge in [-0.05, 0) is 49.4 Å². The predicted molar refractivity (Wildman–Crippen MR) is 93.6 cm³/mol. The van der Waals surface area contributed by atoms with Crippen LogP contribution in [-0.4, -0.2) is 31.7 Å². The van der Waals surface area contributed by atoms with E-state index in [9.17, 15) is 13.2 Å². The third kappa shape index (κ3) is 5.92. The maximum Gasteiger partial charge on any atom is 0.224 e. The molecule has 0 unspecified atom stereocenters. The standard InChI is InChI=1S/C16H18ClN3O3S/c17-13-3-5-15(6-4-13)24(22,23)12-19-9-1-2-16(21)20-14-7-10-18-11-8-14/h3-8,10-11,19H,1-2,9,12H2,(H,18,20,21). The van der Waals surface area contributed by atoms with Crippen molar-refractivity contribution in [3.05, 3.63) is 53.8 Å². The number of rotatable bonds is 8. The molecule has 1 amide bonds. The number of aromatic nitrogens is 1. The summed E-state index contributed by atoms with van der Waals surface area (Å²) < 4.78 is 24.2. The average Bonchev–Trinajstić information content (AvgIpc) is 2.56. The molecular weight excluding hydrogens is 350 g/mol. The minimum absolute atomic E-state index is 0.122. The fourth-order valence-electron chi connectivity index (χ4n) is 1.96. The summed E-state index contributed by atoms with van der Waals surface area (Å²) in [5.74, 6) is -0.302. The molecule has 128 valence electrons. The summed E-state index contributed by atoms with van der Waals surface area (Å²) in [7, 11) is -3.40. The van der Waals surface area contributed by atoms with Gasteiger partial charge in [-0.25, -0.2) is 8.42 Å². The molecule has 1 aromatic carbocycles. The fourth-order valence-corrected chi connectivity index (χ4v) is 3.22. The van der Waals surface area contributed by atoms with Crippen LogP contribution in [0.15, 0.2) is 53.7 Å². The number of hydrogen-bond acceptors (Lipinski definition) is 5. The first-order valence-corrected chi connectivity index (χ1v) is 9.39. The van der Waals surface area contributed by atoms with Gasteiger partial charge in [-0.2, -0.15) is 0 Å². The molecule has 1 aromatic heterocycles. The predicted octanol–water partition coefficient (Wildman–Crippen LogP) is 2.47. The van der Waals surface area contributed by atoms with Crippen LogP contribution in [0, 0.1) is 0 Å². The number of hydrogen-bond donors (Lipinski definition) is 2. The zero-order valence-corrected chi connectivity index (χ0v) is 14.5. The summed E-state index contributed by atoms with van der Waals surface area (Å²) in [6.07, 6.45) is 4.03. The van der Waals surface area contributed by atoms with Crippen molar-refractivity contribution in [3.63, 3.8) is 0 Å². The number of pyridine rings is 1. The molecule has 2 rings (SSSR count). The molecule has 0 radical (unpaired) electrons. The molecule has 2 aromatic rings. The van der Waals surface area contributed by atoms with Crippen LogP contribution < -0.4 is 10.6 Å². The van der Waals surface area contributed by atoms with E-state index in [4.69, 9.17) is 11.6 Å².